The summed E-state index contributed by atoms with van der Waals surface area (Å²) in [6.45, 7) is 0. The number of hydrogen-bond acceptors (Lipinski definition) is 3. The van der Waals surface area contributed by atoms with Crippen molar-refractivity contribution in [2.24, 2.45) is 0 Å². The molecule has 0 spiro atoms. The Morgan fingerprint density at radius 2 is 2.10 bits per heavy atom. The molecule has 1 aliphatic carbocycles. The van der Waals surface area contributed by atoms with Crippen molar-refractivity contribution in [2.45, 2.75) is 18.8 Å². The van der Waals surface area contributed by atoms with Gasteiger partial charge in [-0.25, -0.2) is 9.37 Å². The molecule has 0 saturated heterocycles. The standard InChI is InChI=1S/C15H11ClFN3/c16-11-2-1-3-13(14(11)17)20-15-10(8-18)6-7-12(19-15)9-4-5-9/h1-3,6-7,9H,4-5H2,(H,19,20). The highest BCUT2D eigenvalue weighted by molar-refractivity contribution is 6.31. The molecule has 0 bridgehead atoms. The number of nitriles is 1. The van der Waals surface area contributed by atoms with E-state index in [1.165, 1.54) is 6.07 Å². The van der Waals surface area contributed by atoms with Crippen LogP contribution in [0.2, 0.25) is 5.02 Å². The van der Waals surface area contributed by atoms with Crippen LogP contribution in [-0.2, 0) is 0 Å². The fourth-order valence-electron chi connectivity index (χ4n) is 1.99. The zero-order valence-electron chi connectivity index (χ0n) is 10.5. The van der Waals surface area contributed by atoms with Gasteiger partial charge in [0.2, 0.25) is 0 Å². The summed E-state index contributed by atoms with van der Waals surface area (Å²) in [7, 11) is 0. The van der Waals surface area contributed by atoms with Crippen molar-refractivity contribution >= 4 is 23.1 Å². The molecule has 5 heteroatoms. The first-order chi connectivity index (χ1) is 9.69. The van der Waals surface area contributed by atoms with E-state index < -0.39 is 5.82 Å². The molecule has 0 radical (unpaired) electrons. The van der Waals surface area contributed by atoms with Gasteiger partial charge >= 0.3 is 0 Å². The maximum Gasteiger partial charge on any atom is 0.165 e. The van der Waals surface area contributed by atoms with E-state index in [0.717, 1.165) is 18.5 Å². The summed E-state index contributed by atoms with van der Waals surface area (Å²) in [5, 5.41) is 12.0. The molecule has 1 fully saturated rings. The molecule has 0 amide bonds. The van der Waals surface area contributed by atoms with Gasteiger partial charge in [0.25, 0.3) is 0 Å². The lowest BCUT2D eigenvalue weighted by molar-refractivity contribution is 0.632. The maximum absolute atomic E-state index is 13.9. The quantitative estimate of drug-likeness (QED) is 0.912. The Morgan fingerprint density at radius 3 is 2.80 bits per heavy atom. The van der Waals surface area contributed by atoms with Crippen LogP contribution in [0.1, 0.15) is 30.0 Å². The largest absolute Gasteiger partial charge is 0.337 e. The van der Waals surface area contributed by atoms with Crippen LogP contribution in [0.25, 0.3) is 0 Å². The first-order valence-corrected chi connectivity index (χ1v) is 6.69. The third-order valence-corrected chi connectivity index (χ3v) is 3.53. The Balaban J connectivity index is 1.98. The topological polar surface area (TPSA) is 48.7 Å². The molecule has 100 valence electrons. The SMILES string of the molecule is N#Cc1ccc(C2CC2)nc1Nc1cccc(Cl)c1F. The van der Waals surface area contributed by atoms with Crippen molar-refractivity contribution in [1.82, 2.24) is 4.98 Å². The molecule has 1 aromatic carbocycles. The number of benzene rings is 1. The van der Waals surface area contributed by atoms with Gasteiger partial charge in [-0.05, 0) is 37.1 Å². The molecule has 20 heavy (non-hydrogen) atoms. The molecule has 1 heterocycles. The second kappa shape index (κ2) is 5.10. The minimum atomic E-state index is -0.545. The van der Waals surface area contributed by atoms with E-state index >= 15 is 0 Å². The van der Waals surface area contributed by atoms with Gasteiger partial charge in [-0.15, -0.1) is 0 Å². The number of rotatable bonds is 3. The monoisotopic (exact) mass is 287 g/mol. The lowest BCUT2D eigenvalue weighted by Crippen LogP contribution is -2.01. The van der Waals surface area contributed by atoms with E-state index in [1.807, 2.05) is 6.07 Å². The Hall–Kier alpha value is -2.12. The Labute approximate surface area is 121 Å². The summed E-state index contributed by atoms with van der Waals surface area (Å²) in [5.74, 6) is 0.294. The van der Waals surface area contributed by atoms with E-state index in [9.17, 15) is 4.39 Å². The molecule has 1 saturated carbocycles. The lowest BCUT2D eigenvalue weighted by Gasteiger charge is -2.10. The molecular formula is C15H11ClFN3. The van der Waals surface area contributed by atoms with Gasteiger partial charge in [0.15, 0.2) is 5.82 Å². The van der Waals surface area contributed by atoms with Crippen LogP contribution in [0.4, 0.5) is 15.9 Å². The highest BCUT2D eigenvalue weighted by atomic mass is 35.5. The van der Waals surface area contributed by atoms with Gasteiger partial charge in [-0.2, -0.15) is 5.26 Å². The van der Waals surface area contributed by atoms with Gasteiger partial charge < -0.3 is 5.32 Å². The van der Waals surface area contributed by atoms with E-state index in [0.29, 0.717) is 17.3 Å². The van der Waals surface area contributed by atoms with Gasteiger partial charge in [0.1, 0.15) is 11.9 Å². The van der Waals surface area contributed by atoms with Crippen molar-refractivity contribution in [1.29, 1.82) is 5.26 Å². The van der Waals surface area contributed by atoms with Crippen molar-refractivity contribution in [3.63, 3.8) is 0 Å². The molecule has 1 N–H and O–H groups in total. The molecule has 0 aliphatic heterocycles. The van der Waals surface area contributed by atoms with Gasteiger partial charge in [0.05, 0.1) is 16.3 Å². The second-order valence-electron chi connectivity index (χ2n) is 4.74. The van der Waals surface area contributed by atoms with Crippen LogP contribution in [0, 0.1) is 17.1 Å². The first-order valence-electron chi connectivity index (χ1n) is 6.31. The number of hydrogen-bond donors (Lipinski definition) is 1. The third-order valence-electron chi connectivity index (χ3n) is 3.24. The Bertz CT molecular complexity index is 705. The van der Waals surface area contributed by atoms with Crippen LogP contribution in [-0.4, -0.2) is 4.98 Å². The van der Waals surface area contributed by atoms with Gasteiger partial charge in [-0.1, -0.05) is 17.7 Å². The van der Waals surface area contributed by atoms with Gasteiger partial charge in [0, 0.05) is 11.6 Å². The number of aromatic nitrogens is 1. The zero-order chi connectivity index (χ0) is 14.1. The van der Waals surface area contributed by atoms with Crippen LogP contribution in [0.15, 0.2) is 30.3 Å². The summed E-state index contributed by atoms with van der Waals surface area (Å²) in [5.41, 5.74) is 1.54. The molecule has 1 aromatic heterocycles. The predicted octanol–water partition coefficient (Wildman–Crippen LogP) is 4.37. The average molecular weight is 288 g/mol. The third kappa shape index (κ3) is 2.45. The molecule has 0 unspecified atom stereocenters. The number of pyridine rings is 1. The van der Waals surface area contributed by atoms with Crippen LogP contribution in [0.5, 0.6) is 0 Å². The van der Waals surface area contributed by atoms with Crippen molar-refractivity contribution < 1.29 is 4.39 Å². The summed E-state index contributed by atoms with van der Waals surface area (Å²) in [6, 6.07) is 10.3. The maximum atomic E-state index is 13.9. The van der Waals surface area contributed by atoms with E-state index in [4.69, 9.17) is 16.9 Å². The minimum Gasteiger partial charge on any atom is -0.337 e. The summed E-state index contributed by atoms with van der Waals surface area (Å²) in [6.07, 6.45) is 2.23. The summed E-state index contributed by atoms with van der Waals surface area (Å²) < 4.78 is 13.9. The predicted molar refractivity (Wildman–Crippen MR) is 75.6 cm³/mol. The van der Waals surface area contributed by atoms with Crippen LogP contribution >= 0.6 is 11.6 Å². The second-order valence-corrected chi connectivity index (χ2v) is 5.15. The lowest BCUT2D eigenvalue weighted by atomic mass is 10.2. The van der Waals surface area contributed by atoms with E-state index in [-0.39, 0.29) is 10.7 Å². The van der Waals surface area contributed by atoms with Crippen molar-refractivity contribution in [3.05, 3.63) is 52.4 Å². The Morgan fingerprint density at radius 1 is 1.30 bits per heavy atom. The van der Waals surface area contributed by atoms with Crippen molar-refractivity contribution in [3.8, 4) is 6.07 Å². The highest BCUT2D eigenvalue weighted by Crippen LogP contribution is 2.40. The van der Waals surface area contributed by atoms with E-state index in [2.05, 4.69) is 16.4 Å². The molecule has 3 nitrogen and oxygen atoms in total. The summed E-state index contributed by atoms with van der Waals surface area (Å²) in [4.78, 5) is 4.43. The molecule has 1 aliphatic rings. The zero-order valence-corrected chi connectivity index (χ0v) is 11.3. The van der Waals surface area contributed by atoms with Crippen LogP contribution < -0.4 is 5.32 Å². The molecule has 2 aromatic rings. The fraction of sp³-hybridized carbons (Fsp3) is 0.200. The number of nitrogens with zero attached hydrogens (tertiary/aromatic N) is 2. The highest BCUT2D eigenvalue weighted by Gasteiger charge is 2.25. The number of halogens is 2. The molecular weight excluding hydrogens is 277 g/mol. The molecule has 0 atom stereocenters. The van der Waals surface area contributed by atoms with E-state index in [1.54, 1.807) is 18.2 Å². The minimum absolute atomic E-state index is 0.0341. The number of nitrogens with one attached hydrogen (secondary N) is 1. The number of anilines is 2. The summed E-state index contributed by atoms with van der Waals surface area (Å²) >= 11 is 5.75. The molecule has 3 rings (SSSR count). The first kappa shape index (κ1) is 12.9. The Kier molecular flexibility index (Phi) is 3.29. The average Bonchev–Trinajstić information content (AvgIpc) is 3.28. The van der Waals surface area contributed by atoms with Crippen molar-refractivity contribution in [2.75, 3.05) is 5.32 Å². The smallest absolute Gasteiger partial charge is 0.165 e. The fourth-order valence-corrected chi connectivity index (χ4v) is 2.17. The van der Waals surface area contributed by atoms with Crippen LogP contribution in [0.3, 0.4) is 0 Å². The normalized spacial score (nSPS) is 13.8. The van der Waals surface area contributed by atoms with Gasteiger partial charge in [-0.3, -0.25) is 0 Å².